The van der Waals surface area contributed by atoms with Crippen molar-refractivity contribution < 1.29 is 40.4 Å². The molecular formula is C27H45N5O5. The summed E-state index contributed by atoms with van der Waals surface area (Å²) >= 11 is 0. The molecule has 3 aliphatic rings. The van der Waals surface area contributed by atoms with Crippen molar-refractivity contribution in [2.75, 3.05) is 6.54 Å². The van der Waals surface area contributed by atoms with Gasteiger partial charge in [-0.05, 0) is 55.7 Å². The number of hydrogen-bond donors (Lipinski definition) is 4. The number of amides is 5. The molecule has 2 aliphatic carbocycles. The minimum Gasteiger partial charge on any atom is -0.363 e. The van der Waals surface area contributed by atoms with Crippen LogP contribution >= 0.6 is 0 Å². The number of likely N-dealkylation sites (tertiary alicyclic amines) is 1. The van der Waals surface area contributed by atoms with Crippen molar-refractivity contribution in [2.45, 2.75) is 104 Å². The van der Waals surface area contributed by atoms with Crippen molar-refractivity contribution in [3.63, 3.8) is 0 Å². The number of Topliss-reactive ketones (excluding diaryl/α,β-unsaturated/α-hetero) is 1. The molecule has 2 unspecified atom stereocenters. The zero-order valence-electron chi connectivity index (χ0n) is 34.2. The standard InChI is InChI=1S/C27H45N5O5/c1-25(2,3)20(30-24(37)31-26(4,5)6)23(36)32-13-15-17(27(15,7)8)18(32)22(35)29-16(19(33)21(28)34)12-14-10-9-11-14/h14-18,20H,9-13H2,1-8H3,(H2,28,34)(H,29,35)(H2,30,31,37)/t15-,16?,17-,18-,20+/m0/s1/i7D3,9D2,10D2,11D2,12D2,14D/t15-,16?,17-,18-,20+,27?. The predicted octanol–water partition coefficient (Wildman–Crippen LogP) is 1.71. The second-order valence-corrected chi connectivity index (χ2v) is 12.1. The zero-order valence-corrected chi connectivity index (χ0v) is 22.2. The van der Waals surface area contributed by atoms with Crippen LogP contribution in [0.3, 0.4) is 0 Å². The number of hydrogen-bond acceptors (Lipinski definition) is 5. The fraction of sp³-hybridized carbons (Fsp3) is 0.815. The van der Waals surface area contributed by atoms with Gasteiger partial charge in [0.2, 0.25) is 17.6 Å². The van der Waals surface area contributed by atoms with Crippen LogP contribution in [0.4, 0.5) is 4.79 Å². The van der Waals surface area contributed by atoms with Crippen LogP contribution in [0.2, 0.25) is 0 Å². The molecule has 3 fully saturated rings. The van der Waals surface area contributed by atoms with Crippen LogP contribution in [-0.2, 0) is 19.2 Å². The van der Waals surface area contributed by atoms with Gasteiger partial charge in [-0.2, -0.15) is 0 Å². The Kier molecular flexibility index (Phi) is 4.38. The average Bonchev–Trinajstić information content (AvgIpc) is 3.28. The summed E-state index contributed by atoms with van der Waals surface area (Å²) in [4.78, 5) is 67.4. The zero-order chi connectivity index (χ0) is 38.7. The number of carbonyl (C=O) groups is 5. The number of carbonyl (C=O) groups excluding carboxylic acids is 5. The van der Waals surface area contributed by atoms with Gasteiger partial charge in [-0.3, -0.25) is 19.2 Å². The van der Waals surface area contributed by atoms with E-state index in [1.165, 1.54) is 6.92 Å². The number of ketones is 1. The van der Waals surface area contributed by atoms with E-state index >= 15 is 0 Å². The topological polar surface area (TPSA) is 151 Å². The maximum absolute atomic E-state index is 14.2. The number of piperidine rings is 1. The first-order valence-corrected chi connectivity index (χ1v) is 12.0. The lowest BCUT2D eigenvalue weighted by atomic mass is 9.80. The van der Waals surface area contributed by atoms with Crippen molar-refractivity contribution in [3.8, 4) is 0 Å². The van der Waals surface area contributed by atoms with Gasteiger partial charge in [0.25, 0.3) is 5.91 Å². The van der Waals surface area contributed by atoms with E-state index in [-0.39, 0.29) is 6.54 Å². The van der Waals surface area contributed by atoms with E-state index in [2.05, 4.69) is 10.6 Å². The van der Waals surface area contributed by atoms with Crippen LogP contribution in [0.25, 0.3) is 0 Å². The molecule has 6 atom stereocenters. The van der Waals surface area contributed by atoms with Crippen molar-refractivity contribution in [3.05, 3.63) is 0 Å². The van der Waals surface area contributed by atoms with Gasteiger partial charge in [-0.15, -0.1) is 0 Å². The maximum Gasteiger partial charge on any atom is 0.315 e. The molecule has 0 spiro atoms. The highest BCUT2D eigenvalue weighted by Gasteiger charge is 2.70. The van der Waals surface area contributed by atoms with Crippen molar-refractivity contribution in [2.24, 2.45) is 34.3 Å². The number of rotatable bonds is 8. The largest absolute Gasteiger partial charge is 0.363 e. The van der Waals surface area contributed by atoms with Gasteiger partial charge >= 0.3 is 6.03 Å². The molecule has 2 saturated carbocycles. The third-order valence-corrected chi connectivity index (χ3v) is 6.74. The summed E-state index contributed by atoms with van der Waals surface area (Å²) in [6.45, 7) is 8.32. The summed E-state index contributed by atoms with van der Waals surface area (Å²) < 4.78 is 98.4. The Labute approximate surface area is 237 Å². The van der Waals surface area contributed by atoms with Crippen LogP contribution in [-0.4, -0.2) is 64.6 Å². The van der Waals surface area contributed by atoms with E-state index in [4.69, 9.17) is 22.2 Å². The van der Waals surface area contributed by atoms with Crippen molar-refractivity contribution >= 4 is 29.5 Å². The lowest BCUT2D eigenvalue weighted by Crippen LogP contribution is -2.62. The fourth-order valence-electron chi connectivity index (χ4n) is 4.74. The Bertz CT molecular complexity index is 1420. The van der Waals surface area contributed by atoms with Crippen LogP contribution in [0, 0.1) is 28.6 Å². The first-order chi connectivity index (χ1) is 21.5. The molecule has 5 N–H and O–H groups in total. The summed E-state index contributed by atoms with van der Waals surface area (Å²) in [5.41, 5.74) is 1.87. The number of urea groups is 1. The van der Waals surface area contributed by atoms with Gasteiger partial charge in [-0.25, -0.2) is 4.79 Å². The Morgan fingerprint density at radius 2 is 1.78 bits per heavy atom. The fourth-order valence-corrected chi connectivity index (χ4v) is 4.74. The molecule has 1 heterocycles. The van der Waals surface area contributed by atoms with Crippen LogP contribution in [0.5, 0.6) is 0 Å². The quantitative estimate of drug-likeness (QED) is 0.352. The smallest absolute Gasteiger partial charge is 0.315 e. The molecule has 5 amide bonds. The molecular weight excluding hydrogens is 474 g/mol. The molecule has 1 aliphatic heterocycles. The van der Waals surface area contributed by atoms with E-state index in [1.54, 1.807) is 41.5 Å². The molecule has 0 bridgehead atoms. The Balaban J connectivity index is 2.12. The van der Waals surface area contributed by atoms with Gasteiger partial charge in [0.1, 0.15) is 12.1 Å². The first-order valence-electron chi connectivity index (χ1n) is 18.0. The van der Waals surface area contributed by atoms with Crippen molar-refractivity contribution in [1.29, 1.82) is 0 Å². The minimum atomic E-state index is -3.86. The summed E-state index contributed by atoms with van der Waals surface area (Å²) in [6.07, 6.45) is -14.6. The normalized spacial score (nSPS) is 39.3. The number of primary amides is 1. The molecule has 3 rings (SSSR count). The van der Waals surface area contributed by atoms with Gasteiger partial charge < -0.3 is 26.6 Å². The molecule has 0 radical (unpaired) electrons. The number of nitrogens with two attached hydrogens (primary N) is 1. The predicted molar refractivity (Wildman–Crippen MR) is 139 cm³/mol. The summed E-state index contributed by atoms with van der Waals surface area (Å²) in [7, 11) is 0. The lowest BCUT2D eigenvalue weighted by molar-refractivity contribution is -0.145. The Hall–Kier alpha value is -2.65. The van der Waals surface area contributed by atoms with Gasteiger partial charge in [0.15, 0.2) is 0 Å². The minimum absolute atomic E-state index is 0.319. The SMILES string of the molecule is [2H]C([2H])([2H])C1(C)[C@@H]2[C@@H](C(=O)NC(C(=O)C(N)=O)C([2H])([2H])C3([2H])C([2H])([2H])C([2H])([2H])C3([2H])[2H])N(C(=O)[C@@H](NC(=O)NC(C)(C)C)C(C)(C)C)C[C@@H]21. The van der Waals surface area contributed by atoms with E-state index in [9.17, 15) is 24.0 Å². The maximum atomic E-state index is 14.2. The van der Waals surface area contributed by atoms with Crippen LogP contribution in [0.1, 0.15) is 97.3 Å². The molecule has 0 aromatic heterocycles. The van der Waals surface area contributed by atoms with Crippen LogP contribution in [0.15, 0.2) is 0 Å². The lowest BCUT2D eigenvalue weighted by Gasteiger charge is -2.38. The van der Waals surface area contributed by atoms with Gasteiger partial charge in [0, 0.05) is 28.5 Å². The number of nitrogens with zero attached hydrogens (tertiary/aromatic N) is 1. The summed E-state index contributed by atoms with van der Waals surface area (Å²) in [5.74, 6) is -11.7. The second kappa shape index (κ2) is 9.91. The average molecular weight is 532 g/mol. The molecule has 10 nitrogen and oxygen atoms in total. The van der Waals surface area contributed by atoms with Gasteiger partial charge in [0.05, 0.1) is 6.04 Å². The summed E-state index contributed by atoms with van der Waals surface area (Å²) in [6, 6.07) is -6.69. The third kappa shape index (κ3) is 6.26. The highest BCUT2D eigenvalue weighted by atomic mass is 16.2. The molecule has 208 valence electrons. The second-order valence-electron chi connectivity index (χ2n) is 12.1. The monoisotopic (exact) mass is 531 g/mol. The highest BCUT2D eigenvalue weighted by Crippen LogP contribution is 2.65. The molecule has 37 heavy (non-hydrogen) atoms. The van der Waals surface area contributed by atoms with Crippen LogP contribution < -0.4 is 21.7 Å². The number of nitrogens with one attached hydrogen (secondary N) is 3. The highest BCUT2D eigenvalue weighted by molar-refractivity contribution is 6.37. The summed E-state index contributed by atoms with van der Waals surface area (Å²) in [5, 5.41) is 7.17. The Morgan fingerprint density at radius 1 is 1.16 bits per heavy atom. The Morgan fingerprint density at radius 3 is 2.30 bits per heavy atom. The first kappa shape index (κ1) is 16.3. The van der Waals surface area contributed by atoms with E-state index < -0.39 is 114 Å². The van der Waals surface area contributed by atoms with E-state index in [0.29, 0.717) is 0 Å². The molecule has 10 heteroatoms. The van der Waals surface area contributed by atoms with E-state index in [1.807, 2.05) is 5.32 Å². The molecule has 0 aromatic rings. The molecule has 0 aromatic carbocycles. The van der Waals surface area contributed by atoms with E-state index in [0.717, 1.165) is 4.90 Å². The van der Waals surface area contributed by atoms with Gasteiger partial charge in [-0.1, -0.05) is 53.7 Å². The number of fused-ring (bicyclic) bond motifs is 1. The van der Waals surface area contributed by atoms with Crippen molar-refractivity contribution in [1.82, 2.24) is 20.9 Å². The molecule has 1 saturated heterocycles. The third-order valence-electron chi connectivity index (χ3n) is 6.74.